The zero-order valence-electron chi connectivity index (χ0n) is 16.0. The van der Waals surface area contributed by atoms with Crippen molar-refractivity contribution in [2.24, 2.45) is 24.8 Å². The summed E-state index contributed by atoms with van der Waals surface area (Å²) in [6.07, 6.45) is 5.66. The van der Waals surface area contributed by atoms with E-state index in [0.29, 0.717) is 28.6 Å². The Balaban J connectivity index is 1.64. The van der Waals surface area contributed by atoms with Crippen molar-refractivity contribution in [3.8, 4) is 0 Å². The largest absolute Gasteiger partial charge is 0.376 e. The molecule has 1 aromatic heterocycles. The molecule has 1 aromatic carbocycles. The van der Waals surface area contributed by atoms with Crippen LogP contribution in [0, 0.1) is 17.8 Å². The van der Waals surface area contributed by atoms with Gasteiger partial charge in [-0.3, -0.25) is 4.68 Å². The van der Waals surface area contributed by atoms with Gasteiger partial charge >= 0.3 is 0 Å². The number of anilines is 1. The van der Waals surface area contributed by atoms with Gasteiger partial charge in [0.05, 0.1) is 16.6 Å². The van der Waals surface area contributed by atoms with E-state index in [0.717, 1.165) is 5.69 Å². The van der Waals surface area contributed by atoms with E-state index in [-0.39, 0.29) is 6.04 Å². The molecule has 7 heteroatoms. The van der Waals surface area contributed by atoms with Gasteiger partial charge in [0.15, 0.2) is 0 Å². The van der Waals surface area contributed by atoms with Crippen molar-refractivity contribution < 1.29 is 8.42 Å². The van der Waals surface area contributed by atoms with E-state index in [4.69, 9.17) is 0 Å². The zero-order valence-corrected chi connectivity index (χ0v) is 16.8. The molecule has 2 fully saturated rings. The van der Waals surface area contributed by atoms with Crippen LogP contribution in [0.1, 0.15) is 42.5 Å². The number of sulfonamides is 1. The maximum Gasteiger partial charge on any atom is 0.242 e. The fraction of sp³-hybridized carbons (Fsp3) is 0.550. The summed E-state index contributed by atoms with van der Waals surface area (Å²) in [5.74, 6) is 2.30. The third kappa shape index (κ3) is 2.41. The van der Waals surface area contributed by atoms with Gasteiger partial charge in [0.25, 0.3) is 0 Å². The van der Waals surface area contributed by atoms with Crippen molar-refractivity contribution in [3.63, 3.8) is 0 Å². The molecular formula is C20H26N4O2S. The van der Waals surface area contributed by atoms with Gasteiger partial charge in [-0.1, -0.05) is 0 Å². The summed E-state index contributed by atoms with van der Waals surface area (Å²) in [4.78, 5) is 0.397. The topological polar surface area (TPSA) is 67.2 Å². The lowest BCUT2D eigenvalue weighted by atomic mass is 9.69. The molecule has 6 nitrogen and oxygen atoms in total. The van der Waals surface area contributed by atoms with E-state index in [1.54, 1.807) is 20.2 Å². The Morgan fingerprint density at radius 3 is 2.67 bits per heavy atom. The molecule has 3 aliphatic rings. The van der Waals surface area contributed by atoms with Gasteiger partial charge in [-0.05, 0) is 72.8 Å². The lowest BCUT2D eigenvalue weighted by Crippen LogP contribution is -2.36. The number of hydrogen-bond donors (Lipinski definition) is 1. The highest BCUT2D eigenvalue weighted by Crippen LogP contribution is 2.63. The molecule has 0 spiro atoms. The third-order valence-corrected chi connectivity index (χ3v) is 8.83. The second-order valence-corrected chi connectivity index (χ2v) is 10.6. The Hall–Kier alpha value is -1.86. The molecule has 2 bridgehead atoms. The average molecular weight is 387 g/mol. The predicted octanol–water partition coefficient (Wildman–Crippen LogP) is 2.97. The van der Waals surface area contributed by atoms with E-state index in [9.17, 15) is 8.42 Å². The van der Waals surface area contributed by atoms with Crippen LogP contribution in [-0.2, 0) is 17.1 Å². The minimum absolute atomic E-state index is 0.238. The van der Waals surface area contributed by atoms with Crippen molar-refractivity contribution in [2.75, 3.05) is 19.4 Å². The molecule has 1 aliphatic heterocycles. The van der Waals surface area contributed by atoms with E-state index in [2.05, 4.69) is 16.5 Å². The van der Waals surface area contributed by atoms with Gasteiger partial charge in [0.1, 0.15) is 0 Å². The molecule has 1 N–H and O–H groups in total. The van der Waals surface area contributed by atoms with Crippen LogP contribution in [0.15, 0.2) is 35.4 Å². The molecule has 0 saturated heterocycles. The minimum atomic E-state index is -3.42. The quantitative estimate of drug-likeness (QED) is 0.881. The molecule has 2 aromatic rings. The lowest BCUT2D eigenvalue weighted by molar-refractivity contribution is 0.242. The van der Waals surface area contributed by atoms with Crippen LogP contribution in [0.4, 0.5) is 5.69 Å². The Morgan fingerprint density at radius 1 is 1.19 bits per heavy atom. The van der Waals surface area contributed by atoms with E-state index < -0.39 is 10.0 Å². The minimum Gasteiger partial charge on any atom is -0.376 e. The third-order valence-electron chi connectivity index (χ3n) is 7.01. The molecule has 5 atom stereocenters. The van der Waals surface area contributed by atoms with Gasteiger partial charge in [0.2, 0.25) is 10.0 Å². The summed E-state index contributed by atoms with van der Waals surface area (Å²) in [6, 6.07) is 7.96. The first-order valence-corrected chi connectivity index (χ1v) is 11.1. The second-order valence-electron chi connectivity index (χ2n) is 8.47. The van der Waals surface area contributed by atoms with Gasteiger partial charge in [0, 0.05) is 33.0 Å². The van der Waals surface area contributed by atoms with Gasteiger partial charge in [-0.2, -0.15) is 5.10 Å². The number of nitrogens with zero attached hydrogens (tertiary/aromatic N) is 3. The van der Waals surface area contributed by atoms with Gasteiger partial charge in [-0.25, -0.2) is 12.7 Å². The fourth-order valence-corrected chi connectivity index (χ4v) is 6.76. The average Bonchev–Trinajstić information content (AvgIpc) is 3.36. The number of aryl methyl sites for hydroxylation is 1. The number of hydrogen-bond acceptors (Lipinski definition) is 4. The summed E-state index contributed by atoms with van der Waals surface area (Å²) in [5, 5.41) is 8.12. The fourth-order valence-electron chi connectivity index (χ4n) is 5.82. The highest BCUT2D eigenvalue weighted by atomic mass is 32.2. The monoisotopic (exact) mass is 386 g/mol. The smallest absolute Gasteiger partial charge is 0.242 e. The molecule has 0 radical (unpaired) electrons. The lowest BCUT2D eigenvalue weighted by Gasteiger charge is -2.43. The number of aromatic nitrogens is 2. The molecule has 144 valence electrons. The molecule has 0 amide bonds. The van der Waals surface area contributed by atoms with Crippen LogP contribution in [0.25, 0.3) is 0 Å². The van der Waals surface area contributed by atoms with Gasteiger partial charge in [-0.15, -0.1) is 0 Å². The SMILES string of the molecule is CN(C)S(=O)(=O)c1ccc2c(c1)C1C3CCC(C3)C1C(c1ccnn1C)N2. The molecule has 2 saturated carbocycles. The molecule has 5 rings (SSSR count). The maximum atomic E-state index is 12.7. The van der Waals surface area contributed by atoms with E-state index in [1.807, 2.05) is 30.1 Å². The number of rotatable bonds is 3. The van der Waals surface area contributed by atoms with Gasteiger partial charge < -0.3 is 5.32 Å². The second kappa shape index (κ2) is 5.82. The highest BCUT2D eigenvalue weighted by molar-refractivity contribution is 7.89. The molecule has 5 unspecified atom stereocenters. The summed E-state index contributed by atoms with van der Waals surface area (Å²) >= 11 is 0. The first-order chi connectivity index (χ1) is 12.9. The molecular weight excluding hydrogens is 360 g/mol. The standard InChI is InChI=1S/C20H26N4O2S/c1-23(2)27(25,26)14-6-7-16-15(11-14)18-12-4-5-13(10-12)19(18)20(22-16)17-8-9-21-24(17)3/h6-9,11-13,18-20,22H,4-5,10H2,1-3H3. The molecule has 2 heterocycles. The summed E-state index contributed by atoms with van der Waals surface area (Å²) in [5.41, 5.74) is 3.48. The summed E-state index contributed by atoms with van der Waals surface area (Å²) < 4.78 is 28.6. The number of nitrogens with one attached hydrogen (secondary N) is 1. The Bertz CT molecular complexity index is 997. The van der Waals surface area contributed by atoms with Crippen LogP contribution in [0.5, 0.6) is 0 Å². The first kappa shape index (κ1) is 17.3. The molecule has 27 heavy (non-hydrogen) atoms. The van der Waals surface area contributed by atoms with Crippen LogP contribution in [0.3, 0.4) is 0 Å². The number of fused-ring (bicyclic) bond motifs is 7. The van der Waals surface area contributed by atoms with Crippen molar-refractivity contribution in [1.29, 1.82) is 0 Å². The van der Waals surface area contributed by atoms with E-state index >= 15 is 0 Å². The van der Waals surface area contributed by atoms with Crippen LogP contribution in [-0.4, -0.2) is 36.6 Å². The highest BCUT2D eigenvalue weighted by Gasteiger charge is 2.54. The Morgan fingerprint density at radius 2 is 1.96 bits per heavy atom. The van der Waals surface area contributed by atoms with Crippen molar-refractivity contribution in [1.82, 2.24) is 14.1 Å². The maximum absolute atomic E-state index is 12.7. The Kier molecular flexibility index (Phi) is 3.72. The van der Waals surface area contributed by atoms with Crippen molar-refractivity contribution in [3.05, 3.63) is 41.7 Å². The van der Waals surface area contributed by atoms with Crippen LogP contribution < -0.4 is 5.32 Å². The predicted molar refractivity (Wildman–Crippen MR) is 104 cm³/mol. The number of benzene rings is 1. The zero-order chi connectivity index (χ0) is 18.9. The Labute approximate surface area is 160 Å². The first-order valence-electron chi connectivity index (χ1n) is 9.69. The van der Waals surface area contributed by atoms with Crippen molar-refractivity contribution >= 4 is 15.7 Å². The summed E-state index contributed by atoms with van der Waals surface area (Å²) in [6.45, 7) is 0. The van der Waals surface area contributed by atoms with E-state index in [1.165, 1.54) is 34.8 Å². The van der Waals surface area contributed by atoms with Crippen LogP contribution in [0.2, 0.25) is 0 Å². The summed E-state index contributed by atoms with van der Waals surface area (Å²) in [7, 11) is 1.76. The van der Waals surface area contributed by atoms with Crippen LogP contribution >= 0.6 is 0 Å². The van der Waals surface area contributed by atoms with Crippen molar-refractivity contribution in [2.45, 2.75) is 36.1 Å². The molecule has 2 aliphatic carbocycles. The normalized spacial score (nSPS) is 31.6.